The van der Waals surface area contributed by atoms with Crippen molar-refractivity contribution in [1.29, 1.82) is 0 Å². The van der Waals surface area contributed by atoms with Gasteiger partial charge in [0.1, 0.15) is 5.60 Å². The van der Waals surface area contributed by atoms with E-state index in [9.17, 15) is 15.0 Å². The van der Waals surface area contributed by atoms with Crippen molar-refractivity contribution in [2.75, 3.05) is 7.11 Å². The van der Waals surface area contributed by atoms with E-state index in [2.05, 4.69) is 4.74 Å². The van der Waals surface area contributed by atoms with E-state index in [1.165, 1.54) is 39.2 Å². The average molecular weight is 214 g/mol. The number of carbonyl (C=O) groups is 1. The third-order valence-corrected chi connectivity index (χ3v) is 2.13. The second-order valence-corrected chi connectivity index (χ2v) is 3.60. The van der Waals surface area contributed by atoms with Crippen LogP contribution in [0, 0.1) is 0 Å². The van der Waals surface area contributed by atoms with Gasteiger partial charge in [0.25, 0.3) is 0 Å². The lowest BCUT2D eigenvalue weighted by Crippen LogP contribution is -2.34. The summed E-state index contributed by atoms with van der Waals surface area (Å²) in [5, 5.41) is 18.8. The monoisotopic (exact) mass is 214 g/mol. The SMILES string of the molecule is COC(=O)/C(C)=C/C=C/[C@@](C)(O)[C@H](C)O. The molecule has 0 aliphatic rings. The van der Waals surface area contributed by atoms with Gasteiger partial charge in [-0.1, -0.05) is 18.2 Å². The lowest BCUT2D eigenvalue weighted by molar-refractivity contribution is -0.136. The molecule has 86 valence electrons. The Labute approximate surface area is 89.9 Å². The second kappa shape index (κ2) is 5.68. The maximum atomic E-state index is 11.0. The van der Waals surface area contributed by atoms with Crippen LogP contribution in [0.15, 0.2) is 23.8 Å². The largest absolute Gasteiger partial charge is 0.466 e. The second-order valence-electron chi connectivity index (χ2n) is 3.60. The van der Waals surface area contributed by atoms with Crippen LogP contribution in [-0.2, 0) is 9.53 Å². The number of hydrogen-bond acceptors (Lipinski definition) is 4. The molecule has 0 amide bonds. The number of methoxy groups -OCH3 is 1. The van der Waals surface area contributed by atoms with Crippen LogP contribution in [0.2, 0.25) is 0 Å². The molecule has 0 bridgehead atoms. The first-order valence-electron chi connectivity index (χ1n) is 4.66. The van der Waals surface area contributed by atoms with Crippen LogP contribution in [0.4, 0.5) is 0 Å². The number of carbonyl (C=O) groups excluding carboxylic acids is 1. The van der Waals surface area contributed by atoms with E-state index < -0.39 is 17.7 Å². The van der Waals surface area contributed by atoms with Gasteiger partial charge >= 0.3 is 5.97 Å². The van der Waals surface area contributed by atoms with Crippen LogP contribution in [0.3, 0.4) is 0 Å². The molecular weight excluding hydrogens is 196 g/mol. The summed E-state index contributed by atoms with van der Waals surface area (Å²) in [6.07, 6.45) is 3.58. The molecule has 0 aliphatic heterocycles. The Morgan fingerprint density at radius 3 is 2.47 bits per heavy atom. The maximum absolute atomic E-state index is 11.0. The minimum atomic E-state index is -1.30. The Balaban J connectivity index is 4.50. The summed E-state index contributed by atoms with van der Waals surface area (Å²) in [5.41, 5.74) is -0.873. The van der Waals surface area contributed by atoms with Crippen molar-refractivity contribution in [2.24, 2.45) is 0 Å². The molecule has 4 nitrogen and oxygen atoms in total. The van der Waals surface area contributed by atoms with Gasteiger partial charge in [0.15, 0.2) is 0 Å². The molecule has 4 heteroatoms. The number of esters is 1. The lowest BCUT2D eigenvalue weighted by atomic mass is 10.00. The molecule has 2 N–H and O–H groups in total. The summed E-state index contributed by atoms with van der Waals surface area (Å²) in [6.45, 7) is 4.57. The molecule has 0 fully saturated rings. The van der Waals surface area contributed by atoms with Crippen molar-refractivity contribution in [1.82, 2.24) is 0 Å². The number of ether oxygens (including phenoxy) is 1. The van der Waals surface area contributed by atoms with E-state index in [1.54, 1.807) is 6.92 Å². The fourth-order valence-corrected chi connectivity index (χ4v) is 0.756. The molecule has 0 saturated heterocycles. The van der Waals surface area contributed by atoms with Crippen LogP contribution < -0.4 is 0 Å². The number of aliphatic hydroxyl groups excluding tert-OH is 1. The van der Waals surface area contributed by atoms with Crippen LogP contribution in [0.1, 0.15) is 20.8 Å². The molecule has 0 aromatic heterocycles. The molecule has 0 spiro atoms. The first-order chi connectivity index (χ1) is 6.81. The molecule has 15 heavy (non-hydrogen) atoms. The topological polar surface area (TPSA) is 66.8 Å². The Hall–Kier alpha value is -1.13. The van der Waals surface area contributed by atoms with Gasteiger partial charge in [0, 0.05) is 5.57 Å². The number of aliphatic hydroxyl groups is 2. The Morgan fingerprint density at radius 1 is 1.53 bits per heavy atom. The van der Waals surface area contributed by atoms with Gasteiger partial charge in [-0.2, -0.15) is 0 Å². The molecule has 0 rings (SSSR count). The van der Waals surface area contributed by atoms with Crippen molar-refractivity contribution in [3.8, 4) is 0 Å². The third-order valence-electron chi connectivity index (χ3n) is 2.13. The zero-order valence-corrected chi connectivity index (χ0v) is 9.52. The standard InChI is InChI=1S/C11H18O4/c1-8(10(13)15-4)6-5-7-11(3,14)9(2)12/h5-7,9,12,14H,1-4H3/b7-5+,8-6+/t9-,11+/m0/s1. The molecule has 0 radical (unpaired) electrons. The van der Waals surface area contributed by atoms with Crippen molar-refractivity contribution in [3.63, 3.8) is 0 Å². The number of allylic oxidation sites excluding steroid dienone is 2. The highest BCUT2D eigenvalue weighted by molar-refractivity contribution is 5.87. The van der Waals surface area contributed by atoms with Gasteiger partial charge in [-0.15, -0.1) is 0 Å². The van der Waals surface area contributed by atoms with Gasteiger partial charge in [0.2, 0.25) is 0 Å². The molecule has 0 aromatic rings. The highest BCUT2D eigenvalue weighted by Gasteiger charge is 2.22. The zero-order valence-electron chi connectivity index (χ0n) is 9.52. The Kier molecular flexibility index (Phi) is 5.25. The van der Waals surface area contributed by atoms with Gasteiger partial charge in [0.05, 0.1) is 13.2 Å². The van der Waals surface area contributed by atoms with E-state index in [4.69, 9.17) is 0 Å². The highest BCUT2D eigenvalue weighted by Crippen LogP contribution is 2.11. The van der Waals surface area contributed by atoms with Gasteiger partial charge < -0.3 is 14.9 Å². The first-order valence-corrected chi connectivity index (χ1v) is 4.66. The summed E-state index contributed by atoms with van der Waals surface area (Å²) >= 11 is 0. The Morgan fingerprint density at radius 2 is 2.07 bits per heavy atom. The molecule has 2 atom stereocenters. The molecule has 0 unspecified atom stereocenters. The van der Waals surface area contributed by atoms with E-state index in [-0.39, 0.29) is 0 Å². The predicted octanol–water partition coefficient (Wildman–Crippen LogP) is 0.794. The summed E-state index contributed by atoms with van der Waals surface area (Å²) in [7, 11) is 1.30. The highest BCUT2D eigenvalue weighted by atomic mass is 16.5. The third kappa shape index (κ3) is 4.76. The fourth-order valence-electron chi connectivity index (χ4n) is 0.756. The number of rotatable bonds is 4. The summed E-state index contributed by atoms with van der Waals surface area (Å²) < 4.78 is 4.49. The van der Waals surface area contributed by atoms with Crippen LogP contribution in [-0.4, -0.2) is 35.0 Å². The molecule has 0 aromatic carbocycles. The van der Waals surface area contributed by atoms with Crippen LogP contribution in [0.25, 0.3) is 0 Å². The first kappa shape index (κ1) is 13.9. The van der Waals surface area contributed by atoms with Gasteiger partial charge in [-0.3, -0.25) is 0 Å². The minimum Gasteiger partial charge on any atom is -0.466 e. The molecule has 0 aliphatic carbocycles. The molecule has 0 saturated carbocycles. The van der Waals surface area contributed by atoms with Gasteiger partial charge in [-0.25, -0.2) is 4.79 Å². The van der Waals surface area contributed by atoms with E-state index in [1.807, 2.05) is 0 Å². The Bertz CT molecular complexity index is 274. The molecular formula is C11H18O4. The minimum absolute atomic E-state index is 0.420. The zero-order chi connectivity index (χ0) is 12.1. The predicted molar refractivity (Wildman–Crippen MR) is 57.2 cm³/mol. The van der Waals surface area contributed by atoms with E-state index in [0.717, 1.165) is 0 Å². The van der Waals surface area contributed by atoms with Crippen LogP contribution in [0.5, 0.6) is 0 Å². The van der Waals surface area contributed by atoms with Crippen molar-refractivity contribution in [2.45, 2.75) is 32.5 Å². The summed E-state index contributed by atoms with van der Waals surface area (Å²) in [5.74, 6) is -0.420. The van der Waals surface area contributed by atoms with E-state index >= 15 is 0 Å². The van der Waals surface area contributed by atoms with Crippen LogP contribution >= 0.6 is 0 Å². The fraction of sp³-hybridized carbons (Fsp3) is 0.545. The quantitative estimate of drug-likeness (QED) is 0.412. The summed E-state index contributed by atoms with van der Waals surface area (Å²) in [6, 6.07) is 0. The molecule has 0 heterocycles. The van der Waals surface area contributed by atoms with Crippen molar-refractivity contribution >= 4 is 5.97 Å². The smallest absolute Gasteiger partial charge is 0.333 e. The van der Waals surface area contributed by atoms with Crippen molar-refractivity contribution in [3.05, 3.63) is 23.8 Å². The van der Waals surface area contributed by atoms with E-state index in [0.29, 0.717) is 5.57 Å². The normalized spacial score (nSPS) is 18.7. The summed E-state index contributed by atoms with van der Waals surface area (Å²) in [4.78, 5) is 11.0. The average Bonchev–Trinajstić information content (AvgIpc) is 2.15. The van der Waals surface area contributed by atoms with Gasteiger partial charge in [-0.05, 0) is 20.8 Å². The lowest BCUT2D eigenvalue weighted by Gasteiger charge is -2.21. The number of hydrogen-bond donors (Lipinski definition) is 2. The van der Waals surface area contributed by atoms with Crippen molar-refractivity contribution < 1.29 is 19.7 Å². The maximum Gasteiger partial charge on any atom is 0.333 e.